The number of nitro groups is 1. The van der Waals surface area contributed by atoms with Crippen molar-refractivity contribution in [2.45, 2.75) is 13.8 Å². The summed E-state index contributed by atoms with van der Waals surface area (Å²) in [6.45, 7) is 8.54. The van der Waals surface area contributed by atoms with Gasteiger partial charge in [-0.15, -0.1) is 0 Å². The summed E-state index contributed by atoms with van der Waals surface area (Å²) in [6, 6.07) is 6.62. The van der Waals surface area contributed by atoms with Gasteiger partial charge in [-0.05, 0) is 18.1 Å². The Morgan fingerprint density at radius 3 is 2.35 bits per heavy atom. The average Bonchev–Trinajstić information content (AvgIpc) is 2.54. The first kappa shape index (κ1) is 17.2. The van der Waals surface area contributed by atoms with Crippen LogP contribution in [0.1, 0.15) is 13.8 Å². The number of non-ortho nitro benzene ring substituents is 1. The predicted octanol–water partition coefficient (Wildman–Crippen LogP) is 1.49. The molecule has 1 aromatic rings. The first-order valence-corrected chi connectivity index (χ1v) is 7.94. The fourth-order valence-electron chi connectivity index (χ4n) is 2.53. The molecule has 1 aliphatic heterocycles. The minimum Gasteiger partial charge on any atom is -0.369 e. The van der Waals surface area contributed by atoms with Crippen LogP contribution >= 0.6 is 0 Å². The van der Waals surface area contributed by atoms with Crippen molar-refractivity contribution in [1.82, 2.24) is 10.2 Å². The summed E-state index contributed by atoms with van der Waals surface area (Å²) < 4.78 is 0. The van der Waals surface area contributed by atoms with Gasteiger partial charge in [0, 0.05) is 50.5 Å². The van der Waals surface area contributed by atoms with E-state index >= 15 is 0 Å². The Morgan fingerprint density at radius 2 is 1.83 bits per heavy atom. The minimum absolute atomic E-state index is 0.0717. The van der Waals surface area contributed by atoms with E-state index in [1.165, 1.54) is 12.1 Å². The first-order chi connectivity index (χ1) is 11.0. The molecule has 1 saturated heterocycles. The van der Waals surface area contributed by atoms with Crippen LogP contribution < -0.4 is 10.2 Å². The van der Waals surface area contributed by atoms with Crippen molar-refractivity contribution in [2.75, 3.05) is 44.2 Å². The van der Waals surface area contributed by atoms with Gasteiger partial charge in [-0.3, -0.25) is 19.8 Å². The number of hydrogen-bond acceptors (Lipinski definition) is 5. The van der Waals surface area contributed by atoms with Crippen molar-refractivity contribution in [2.24, 2.45) is 5.92 Å². The van der Waals surface area contributed by atoms with E-state index in [0.29, 0.717) is 19.0 Å². The maximum Gasteiger partial charge on any atom is 0.269 e. The van der Waals surface area contributed by atoms with Gasteiger partial charge in [0.25, 0.3) is 5.69 Å². The summed E-state index contributed by atoms with van der Waals surface area (Å²) in [5.74, 6) is 0.528. The molecular weight excluding hydrogens is 296 g/mol. The maximum absolute atomic E-state index is 11.8. The van der Waals surface area contributed by atoms with Gasteiger partial charge in [-0.2, -0.15) is 0 Å². The van der Waals surface area contributed by atoms with Crippen LogP contribution in [0, 0.1) is 16.0 Å². The molecule has 0 radical (unpaired) electrons. The summed E-state index contributed by atoms with van der Waals surface area (Å²) in [5.41, 5.74) is 1.09. The van der Waals surface area contributed by atoms with Crippen LogP contribution in [0.5, 0.6) is 0 Å². The zero-order valence-corrected chi connectivity index (χ0v) is 13.7. The summed E-state index contributed by atoms with van der Waals surface area (Å²) in [5, 5.41) is 13.6. The van der Waals surface area contributed by atoms with Crippen molar-refractivity contribution in [3.8, 4) is 0 Å². The topological polar surface area (TPSA) is 78.7 Å². The van der Waals surface area contributed by atoms with E-state index in [1.807, 2.05) is 0 Å². The quantitative estimate of drug-likeness (QED) is 0.634. The normalized spacial score (nSPS) is 15.7. The number of nitrogens with one attached hydrogen (secondary N) is 1. The molecule has 7 nitrogen and oxygen atoms in total. The zero-order chi connectivity index (χ0) is 16.8. The Kier molecular flexibility index (Phi) is 5.92. The van der Waals surface area contributed by atoms with Gasteiger partial charge < -0.3 is 10.2 Å². The van der Waals surface area contributed by atoms with Gasteiger partial charge >= 0.3 is 0 Å². The van der Waals surface area contributed by atoms with Gasteiger partial charge in [0.2, 0.25) is 5.91 Å². The highest BCUT2D eigenvalue weighted by molar-refractivity contribution is 5.78. The Hall–Kier alpha value is -2.15. The van der Waals surface area contributed by atoms with Gasteiger partial charge in [-0.25, -0.2) is 0 Å². The number of anilines is 1. The largest absolute Gasteiger partial charge is 0.369 e. The van der Waals surface area contributed by atoms with E-state index in [-0.39, 0.29) is 11.6 Å². The summed E-state index contributed by atoms with van der Waals surface area (Å²) in [6.07, 6.45) is 0. The molecule has 23 heavy (non-hydrogen) atoms. The lowest BCUT2D eigenvalue weighted by molar-refractivity contribution is -0.384. The van der Waals surface area contributed by atoms with Crippen LogP contribution in [0.2, 0.25) is 0 Å². The number of carbonyl (C=O) groups excluding carboxylic acids is 1. The lowest BCUT2D eigenvalue weighted by Crippen LogP contribution is -2.49. The molecule has 1 fully saturated rings. The number of amides is 1. The molecule has 0 atom stereocenters. The molecular formula is C16H24N4O3. The van der Waals surface area contributed by atoms with E-state index in [4.69, 9.17) is 0 Å². The highest BCUT2D eigenvalue weighted by Gasteiger charge is 2.19. The fraction of sp³-hybridized carbons (Fsp3) is 0.562. The van der Waals surface area contributed by atoms with E-state index in [9.17, 15) is 14.9 Å². The van der Waals surface area contributed by atoms with Crippen LogP contribution in [-0.2, 0) is 4.79 Å². The second kappa shape index (κ2) is 7.92. The Labute approximate surface area is 136 Å². The summed E-state index contributed by atoms with van der Waals surface area (Å²) >= 11 is 0. The van der Waals surface area contributed by atoms with Crippen molar-refractivity contribution in [1.29, 1.82) is 0 Å². The Balaban J connectivity index is 1.79. The number of nitrogens with zero attached hydrogens (tertiary/aromatic N) is 3. The Morgan fingerprint density at radius 1 is 1.22 bits per heavy atom. The lowest BCUT2D eigenvalue weighted by Gasteiger charge is -2.35. The standard InChI is InChI=1S/C16H24N4O3/c1-13(2)11-17-16(21)12-18-7-9-19(10-8-18)14-3-5-15(6-4-14)20(22)23/h3-6,13H,7-12H2,1-2H3,(H,17,21). The molecule has 126 valence electrons. The third-order valence-corrected chi connectivity index (χ3v) is 3.87. The molecule has 1 aromatic carbocycles. The SMILES string of the molecule is CC(C)CNC(=O)CN1CCN(c2ccc([N+](=O)[O-])cc2)CC1. The van der Waals surface area contributed by atoms with Crippen LogP contribution in [0.15, 0.2) is 24.3 Å². The molecule has 0 saturated carbocycles. The van der Waals surface area contributed by atoms with Crippen molar-refractivity contribution in [3.63, 3.8) is 0 Å². The predicted molar refractivity (Wildman–Crippen MR) is 89.6 cm³/mol. The highest BCUT2D eigenvalue weighted by atomic mass is 16.6. The molecule has 1 heterocycles. The zero-order valence-electron chi connectivity index (χ0n) is 13.7. The van der Waals surface area contributed by atoms with Crippen LogP contribution in [0.25, 0.3) is 0 Å². The maximum atomic E-state index is 11.8. The molecule has 0 bridgehead atoms. The fourth-order valence-corrected chi connectivity index (χ4v) is 2.53. The van der Waals surface area contributed by atoms with Crippen LogP contribution in [0.3, 0.4) is 0 Å². The second-order valence-electron chi connectivity index (χ2n) is 6.23. The van der Waals surface area contributed by atoms with Crippen molar-refractivity contribution < 1.29 is 9.72 Å². The van der Waals surface area contributed by atoms with Gasteiger partial charge in [0.15, 0.2) is 0 Å². The van der Waals surface area contributed by atoms with Gasteiger partial charge in [-0.1, -0.05) is 13.8 Å². The number of benzene rings is 1. The van der Waals surface area contributed by atoms with Crippen molar-refractivity contribution >= 4 is 17.3 Å². The van der Waals surface area contributed by atoms with Gasteiger partial charge in [0.05, 0.1) is 11.5 Å². The molecule has 1 aliphatic rings. The molecule has 1 amide bonds. The molecule has 0 unspecified atom stereocenters. The van der Waals surface area contributed by atoms with E-state index in [0.717, 1.165) is 31.9 Å². The van der Waals surface area contributed by atoms with Crippen LogP contribution in [-0.4, -0.2) is 55.0 Å². The number of rotatable bonds is 6. The molecule has 1 N–H and O–H groups in total. The smallest absolute Gasteiger partial charge is 0.269 e. The van der Waals surface area contributed by atoms with Crippen LogP contribution in [0.4, 0.5) is 11.4 Å². The number of piperazine rings is 1. The average molecular weight is 320 g/mol. The highest BCUT2D eigenvalue weighted by Crippen LogP contribution is 2.20. The van der Waals surface area contributed by atoms with Gasteiger partial charge in [0.1, 0.15) is 0 Å². The molecule has 2 rings (SSSR count). The lowest BCUT2D eigenvalue weighted by atomic mass is 10.2. The Bertz CT molecular complexity index is 537. The van der Waals surface area contributed by atoms with Crippen molar-refractivity contribution in [3.05, 3.63) is 34.4 Å². The molecule has 0 aromatic heterocycles. The molecule has 0 aliphatic carbocycles. The van der Waals surface area contributed by atoms with E-state index in [2.05, 4.69) is 29.0 Å². The number of nitro benzene ring substituents is 1. The summed E-state index contributed by atoms with van der Waals surface area (Å²) in [7, 11) is 0. The monoisotopic (exact) mass is 320 g/mol. The van der Waals surface area contributed by atoms with E-state index < -0.39 is 4.92 Å². The minimum atomic E-state index is -0.391. The van der Waals surface area contributed by atoms with E-state index in [1.54, 1.807) is 12.1 Å². The number of carbonyl (C=O) groups is 1. The molecule has 0 spiro atoms. The third-order valence-electron chi connectivity index (χ3n) is 3.87. The second-order valence-corrected chi connectivity index (χ2v) is 6.23. The third kappa shape index (κ3) is 5.21. The molecule has 7 heteroatoms. The number of hydrogen-bond donors (Lipinski definition) is 1. The summed E-state index contributed by atoms with van der Waals surface area (Å²) in [4.78, 5) is 26.4. The first-order valence-electron chi connectivity index (χ1n) is 7.94.